The molecule has 3 aliphatic rings. The van der Waals surface area contributed by atoms with Gasteiger partial charge in [-0.05, 0) is 45.6 Å². The maximum atomic E-state index is 5.97. The highest BCUT2D eigenvalue weighted by molar-refractivity contribution is 5.15. The van der Waals surface area contributed by atoms with Crippen LogP contribution in [0.3, 0.4) is 0 Å². The van der Waals surface area contributed by atoms with E-state index in [2.05, 4.69) is 37.9 Å². The van der Waals surface area contributed by atoms with Gasteiger partial charge in [-0.1, -0.05) is 5.16 Å². The van der Waals surface area contributed by atoms with Gasteiger partial charge in [-0.25, -0.2) is 0 Å². The lowest BCUT2D eigenvalue weighted by molar-refractivity contribution is 0.286. The van der Waals surface area contributed by atoms with Crippen LogP contribution < -0.4 is 5.73 Å². The molecule has 7 nitrogen and oxygen atoms in total. The molecule has 2 heterocycles. The largest absolute Gasteiger partial charge is 0.361 e. The van der Waals surface area contributed by atoms with Crippen LogP contribution in [0.5, 0.6) is 0 Å². The van der Waals surface area contributed by atoms with Crippen LogP contribution in [0.25, 0.3) is 0 Å². The Morgan fingerprint density at radius 1 is 1.16 bits per heavy atom. The normalized spacial score (nSPS) is 26.2. The maximum Gasteiger partial charge on any atom is 0.147 e. The van der Waals surface area contributed by atoms with E-state index in [-0.39, 0.29) is 0 Å². The second-order valence-electron chi connectivity index (χ2n) is 8.17. The minimum atomic E-state index is 0.341. The highest BCUT2D eigenvalue weighted by Crippen LogP contribution is 2.42. The van der Waals surface area contributed by atoms with Crippen LogP contribution in [0.4, 0.5) is 0 Å². The molecule has 7 heteroatoms. The van der Waals surface area contributed by atoms with Gasteiger partial charge in [0.25, 0.3) is 0 Å². The van der Waals surface area contributed by atoms with E-state index in [1.807, 2.05) is 0 Å². The highest BCUT2D eigenvalue weighted by atomic mass is 16.5. The summed E-state index contributed by atoms with van der Waals surface area (Å²) in [6, 6.07) is 3.05. The first kappa shape index (κ1) is 15.5. The number of rotatable bonds is 7. The van der Waals surface area contributed by atoms with Crippen molar-refractivity contribution in [3.63, 3.8) is 0 Å². The smallest absolute Gasteiger partial charge is 0.147 e. The van der Waals surface area contributed by atoms with Crippen molar-refractivity contribution in [3.8, 4) is 0 Å². The van der Waals surface area contributed by atoms with Crippen LogP contribution in [0, 0.1) is 0 Å². The van der Waals surface area contributed by atoms with Gasteiger partial charge in [0.1, 0.15) is 17.4 Å². The van der Waals surface area contributed by atoms with Crippen molar-refractivity contribution >= 4 is 0 Å². The van der Waals surface area contributed by atoms with Crippen LogP contribution in [-0.4, -0.2) is 37.9 Å². The van der Waals surface area contributed by atoms with E-state index in [9.17, 15) is 0 Å². The molecule has 25 heavy (non-hydrogen) atoms. The average Bonchev–Trinajstić information content (AvgIpc) is 3.48. The summed E-state index contributed by atoms with van der Waals surface area (Å²) < 4.78 is 7.85. The predicted molar refractivity (Wildman–Crippen MR) is 91.9 cm³/mol. The minimum absolute atomic E-state index is 0.341. The molecule has 0 saturated heterocycles. The van der Waals surface area contributed by atoms with E-state index in [0.717, 1.165) is 49.0 Å². The van der Waals surface area contributed by atoms with Gasteiger partial charge in [-0.15, -0.1) is 10.2 Å². The van der Waals surface area contributed by atoms with Crippen LogP contribution >= 0.6 is 0 Å². The average molecular weight is 342 g/mol. The molecule has 0 amide bonds. The lowest BCUT2D eigenvalue weighted by Crippen LogP contribution is -2.36. The van der Waals surface area contributed by atoms with Crippen molar-refractivity contribution < 1.29 is 4.52 Å². The van der Waals surface area contributed by atoms with Gasteiger partial charge in [0.15, 0.2) is 0 Å². The van der Waals surface area contributed by atoms with Crippen molar-refractivity contribution in [2.75, 3.05) is 7.05 Å². The number of hydrogen-bond donors (Lipinski definition) is 1. The molecule has 2 N–H and O–H groups in total. The van der Waals surface area contributed by atoms with Crippen molar-refractivity contribution in [1.29, 1.82) is 0 Å². The fourth-order valence-electron chi connectivity index (χ4n) is 3.86. The second kappa shape index (κ2) is 5.92. The Morgan fingerprint density at radius 2 is 1.96 bits per heavy atom. The molecule has 0 radical (unpaired) electrons. The van der Waals surface area contributed by atoms with Gasteiger partial charge in [0.05, 0.1) is 12.2 Å². The summed E-state index contributed by atoms with van der Waals surface area (Å²) in [5.41, 5.74) is 6.97. The summed E-state index contributed by atoms with van der Waals surface area (Å²) in [4.78, 5) is 2.24. The predicted octanol–water partition coefficient (Wildman–Crippen LogP) is 2.32. The monoisotopic (exact) mass is 342 g/mol. The second-order valence-corrected chi connectivity index (χ2v) is 8.17. The van der Waals surface area contributed by atoms with E-state index >= 15 is 0 Å². The quantitative estimate of drug-likeness (QED) is 0.831. The fourth-order valence-corrected chi connectivity index (χ4v) is 3.86. The molecule has 2 aromatic rings. The Morgan fingerprint density at radius 3 is 2.64 bits per heavy atom. The molecule has 3 fully saturated rings. The molecule has 0 unspecified atom stereocenters. The molecule has 0 bridgehead atoms. The van der Waals surface area contributed by atoms with Crippen molar-refractivity contribution in [3.05, 3.63) is 29.2 Å². The van der Waals surface area contributed by atoms with Gasteiger partial charge < -0.3 is 14.8 Å². The fraction of sp³-hybridized carbons (Fsp3) is 0.722. The van der Waals surface area contributed by atoms with Gasteiger partial charge in [-0.2, -0.15) is 0 Å². The number of nitrogens with zero attached hydrogens (tertiary/aromatic N) is 5. The number of hydrogen-bond acceptors (Lipinski definition) is 6. The Hall–Kier alpha value is -1.73. The van der Waals surface area contributed by atoms with Gasteiger partial charge >= 0.3 is 0 Å². The summed E-state index contributed by atoms with van der Waals surface area (Å²) in [6.45, 7) is 1.56. The summed E-state index contributed by atoms with van der Waals surface area (Å²) in [5.74, 6) is 4.39. The Kier molecular flexibility index (Phi) is 3.67. The summed E-state index contributed by atoms with van der Waals surface area (Å²) in [7, 11) is 2.11. The molecule has 0 aliphatic heterocycles. The third-order valence-corrected chi connectivity index (χ3v) is 5.64. The Labute approximate surface area is 147 Å². The first-order valence-electron chi connectivity index (χ1n) is 9.50. The van der Waals surface area contributed by atoms with Crippen molar-refractivity contribution in [2.45, 2.75) is 75.5 Å². The van der Waals surface area contributed by atoms with Gasteiger partial charge in [0.2, 0.25) is 0 Å². The molecular formula is C18H26N6O. The van der Waals surface area contributed by atoms with Crippen LogP contribution in [-0.2, 0) is 13.1 Å². The van der Waals surface area contributed by atoms with E-state index in [1.165, 1.54) is 25.7 Å². The number of nitrogens with two attached hydrogens (primary N) is 1. The first-order valence-corrected chi connectivity index (χ1v) is 9.50. The standard InChI is InChI=1S/C18H26N6O/c1-23(9-14-8-16(25-22-14)11-2-3-11)10-17-20-21-18(12-6-13(19)7-12)24(17)15-4-5-15/h8,11-13,15H,2-7,9-10,19H2,1H3. The maximum absolute atomic E-state index is 5.97. The van der Waals surface area contributed by atoms with Crippen molar-refractivity contribution in [2.24, 2.45) is 5.73 Å². The Balaban J connectivity index is 1.28. The third-order valence-electron chi connectivity index (χ3n) is 5.64. The van der Waals surface area contributed by atoms with Crippen LogP contribution in [0.1, 0.15) is 79.5 Å². The van der Waals surface area contributed by atoms with Crippen LogP contribution in [0.15, 0.2) is 10.6 Å². The Bertz CT molecular complexity index is 753. The van der Waals surface area contributed by atoms with Crippen LogP contribution in [0.2, 0.25) is 0 Å². The zero-order valence-corrected chi connectivity index (χ0v) is 14.8. The molecule has 5 rings (SSSR count). The van der Waals surface area contributed by atoms with E-state index in [0.29, 0.717) is 23.9 Å². The summed E-state index contributed by atoms with van der Waals surface area (Å²) in [6.07, 6.45) is 7.06. The number of aromatic nitrogens is 4. The summed E-state index contributed by atoms with van der Waals surface area (Å²) in [5, 5.41) is 13.3. The topological polar surface area (TPSA) is 86.0 Å². The third kappa shape index (κ3) is 3.11. The van der Waals surface area contributed by atoms with Gasteiger partial charge in [0, 0.05) is 36.5 Å². The van der Waals surface area contributed by atoms with Crippen molar-refractivity contribution in [1.82, 2.24) is 24.8 Å². The summed E-state index contributed by atoms with van der Waals surface area (Å²) >= 11 is 0. The first-order chi connectivity index (χ1) is 12.2. The molecule has 0 spiro atoms. The SMILES string of the molecule is CN(Cc1cc(C2CC2)on1)Cc1nnc(C2CC(N)C2)n1C1CC1. The molecule has 0 atom stereocenters. The molecule has 3 aliphatic carbocycles. The van der Waals surface area contributed by atoms with E-state index in [4.69, 9.17) is 10.3 Å². The molecule has 2 aromatic heterocycles. The van der Waals surface area contributed by atoms with E-state index < -0.39 is 0 Å². The zero-order valence-electron chi connectivity index (χ0n) is 14.8. The molecule has 134 valence electrons. The minimum Gasteiger partial charge on any atom is -0.361 e. The van der Waals surface area contributed by atoms with E-state index in [1.54, 1.807) is 0 Å². The highest BCUT2D eigenvalue weighted by Gasteiger charge is 2.37. The molecule has 0 aromatic carbocycles. The lowest BCUT2D eigenvalue weighted by Gasteiger charge is -2.32. The molecular weight excluding hydrogens is 316 g/mol. The zero-order chi connectivity index (χ0) is 17.0. The molecule has 3 saturated carbocycles. The lowest BCUT2D eigenvalue weighted by atomic mass is 9.80. The van der Waals surface area contributed by atoms with Gasteiger partial charge in [-0.3, -0.25) is 4.90 Å².